The second kappa shape index (κ2) is 6.35. The number of nitrogens with two attached hydrogens (primary N) is 1. The van der Waals surface area contributed by atoms with Crippen LogP contribution in [0.4, 0.5) is 4.39 Å². The summed E-state index contributed by atoms with van der Waals surface area (Å²) in [6, 6.07) is 4.05. The predicted octanol–water partition coefficient (Wildman–Crippen LogP) is 2.78. The van der Waals surface area contributed by atoms with Crippen LogP contribution in [0.15, 0.2) is 18.2 Å². The van der Waals surface area contributed by atoms with Crippen LogP contribution in [0.2, 0.25) is 0 Å². The fourth-order valence-corrected chi connectivity index (χ4v) is 2.96. The number of aliphatic hydroxyl groups is 1. The molecule has 1 fully saturated rings. The first kappa shape index (κ1) is 14.3. The van der Waals surface area contributed by atoms with Gasteiger partial charge in [0.2, 0.25) is 0 Å². The van der Waals surface area contributed by atoms with Gasteiger partial charge < -0.3 is 15.6 Å². The highest BCUT2D eigenvalue weighted by Gasteiger charge is 2.29. The van der Waals surface area contributed by atoms with Gasteiger partial charge in [0.05, 0.1) is 19.3 Å². The van der Waals surface area contributed by atoms with Gasteiger partial charge in [0.1, 0.15) is 0 Å². The van der Waals surface area contributed by atoms with Crippen molar-refractivity contribution in [2.45, 2.75) is 44.2 Å². The average Bonchev–Trinajstić information content (AvgIpc) is 2.46. The predicted molar refractivity (Wildman–Crippen MR) is 72.5 cm³/mol. The van der Waals surface area contributed by atoms with Gasteiger partial charge in [-0.2, -0.15) is 0 Å². The van der Waals surface area contributed by atoms with Gasteiger partial charge in [-0.15, -0.1) is 0 Å². The largest absolute Gasteiger partial charge is 0.493 e. The molecular weight excluding hydrogens is 245 g/mol. The molecule has 0 unspecified atom stereocenters. The van der Waals surface area contributed by atoms with Gasteiger partial charge in [0.25, 0.3) is 0 Å². The molecule has 19 heavy (non-hydrogen) atoms. The van der Waals surface area contributed by atoms with Crippen molar-refractivity contribution in [3.05, 3.63) is 29.6 Å². The van der Waals surface area contributed by atoms with Crippen LogP contribution in [0, 0.1) is 11.7 Å². The number of hydrogen-bond donors (Lipinski definition) is 2. The molecule has 1 saturated carbocycles. The molecule has 0 bridgehead atoms. The van der Waals surface area contributed by atoms with Crippen LogP contribution in [0.5, 0.6) is 5.75 Å². The fraction of sp³-hybridized carbons (Fsp3) is 0.600. The topological polar surface area (TPSA) is 55.5 Å². The zero-order valence-corrected chi connectivity index (χ0v) is 11.3. The van der Waals surface area contributed by atoms with E-state index in [0.29, 0.717) is 5.56 Å². The lowest BCUT2D eigenvalue weighted by Crippen LogP contribution is -2.34. The Bertz CT molecular complexity index is 419. The maximum atomic E-state index is 13.7. The van der Waals surface area contributed by atoms with Crippen LogP contribution in [-0.2, 0) is 0 Å². The number of benzene rings is 1. The number of rotatable bonds is 4. The Hall–Kier alpha value is -1.13. The zero-order chi connectivity index (χ0) is 13.8. The first-order chi connectivity index (χ1) is 9.15. The van der Waals surface area contributed by atoms with E-state index in [4.69, 9.17) is 10.5 Å². The van der Waals surface area contributed by atoms with Crippen LogP contribution >= 0.6 is 0 Å². The van der Waals surface area contributed by atoms with Crippen molar-refractivity contribution in [2.75, 3.05) is 7.11 Å². The van der Waals surface area contributed by atoms with E-state index >= 15 is 0 Å². The van der Waals surface area contributed by atoms with Crippen molar-refractivity contribution >= 4 is 0 Å². The Morgan fingerprint density at radius 3 is 2.63 bits per heavy atom. The Labute approximate surface area is 113 Å². The van der Waals surface area contributed by atoms with Gasteiger partial charge in [0, 0.05) is 5.56 Å². The minimum atomic E-state index is -0.643. The lowest BCUT2D eigenvalue weighted by Gasteiger charge is -2.31. The standard InChI is InChI=1S/C15H22FNO2/c1-19-15-11(8-5-9-12(15)16)13(17)14(18)10-6-3-2-4-7-10/h5,8-10,13-14,18H,2-4,6-7,17H2,1H3/t13-,14+/m1/s1. The molecule has 4 heteroatoms. The van der Waals surface area contributed by atoms with E-state index in [0.717, 1.165) is 25.7 Å². The molecule has 0 spiro atoms. The number of halogens is 1. The number of hydrogen-bond acceptors (Lipinski definition) is 3. The molecule has 0 aliphatic heterocycles. The monoisotopic (exact) mass is 267 g/mol. The number of ether oxygens (including phenoxy) is 1. The quantitative estimate of drug-likeness (QED) is 0.882. The van der Waals surface area contributed by atoms with Crippen molar-refractivity contribution in [3.8, 4) is 5.75 Å². The Morgan fingerprint density at radius 1 is 1.32 bits per heavy atom. The van der Waals surface area contributed by atoms with E-state index in [9.17, 15) is 9.50 Å². The summed E-state index contributed by atoms with van der Waals surface area (Å²) in [5.74, 6) is -0.0899. The van der Waals surface area contributed by atoms with Gasteiger partial charge in [-0.05, 0) is 24.8 Å². The van der Waals surface area contributed by atoms with Crippen molar-refractivity contribution < 1.29 is 14.2 Å². The van der Waals surface area contributed by atoms with Crippen LogP contribution < -0.4 is 10.5 Å². The molecule has 1 aliphatic rings. The summed E-state index contributed by atoms with van der Waals surface area (Å²) in [4.78, 5) is 0. The molecule has 1 aromatic carbocycles. The van der Waals surface area contributed by atoms with Crippen LogP contribution in [0.1, 0.15) is 43.7 Å². The summed E-state index contributed by atoms with van der Waals surface area (Å²) in [6.07, 6.45) is 4.83. The van der Waals surface area contributed by atoms with Crippen LogP contribution in [0.3, 0.4) is 0 Å². The van der Waals surface area contributed by atoms with Crippen molar-refractivity contribution in [3.63, 3.8) is 0 Å². The highest BCUT2D eigenvalue weighted by atomic mass is 19.1. The third-order valence-corrected chi connectivity index (χ3v) is 4.06. The van der Waals surface area contributed by atoms with Crippen molar-refractivity contribution in [2.24, 2.45) is 11.7 Å². The van der Waals surface area contributed by atoms with Gasteiger partial charge in [-0.3, -0.25) is 0 Å². The molecular formula is C15H22FNO2. The highest BCUT2D eigenvalue weighted by Crippen LogP contribution is 2.35. The second-order valence-corrected chi connectivity index (χ2v) is 5.28. The van der Waals surface area contributed by atoms with Crippen molar-refractivity contribution in [1.29, 1.82) is 0 Å². The second-order valence-electron chi connectivity index (χ2n) is 5.28. The maximum absolute atomic E-state index is 13.7. The molecule has 2 rings (SSSR count). The summed E-state index contributed by atoms with van der Waals surface area (Å²) in [5.41, 5.74) is 6.66. The summed E-state index contributed by atoms with van der Waals surface area (Å²) in [6.45, 7) is 0. The lowest BCUT2D eigenvalue weighted by atomic mass is 9.81. The summed E-state index contributed by atoms with van der Waals surface area (Å²) < 4.78 is 18.7. The van der Waals surface area contributed by atoms with Gasteiger partial charge in [-0.1, -0.05) is 31.4 Å². The van der Waals surface area contributed by atoms with E-state index in [1.54, 1.807) is 12.1 Å². The SMILES string of the molecule is COc1c(F)cccc1[C@@H](N)[C@@H](O)C1CCCCC1. The number of methoxy groups -OCH3 is 1. The smallest absolute Gasteiger partial charge is 0.165 e. The lowest BCUT2D eigenvalue weighted by molar-refractivity contribution is 0.0609. The van der Waals surface area contributed by atoms with E-state index in [2.05, 4.69) is 0 Å². The molecule has 3 N–H and O–H groups in total. The van der Waals surface area contributed by atoms with Gasteiger partial charge in [0.15, 0.2) is 11.6 Å². The zero-order valence-electron chi connectivity index (χ0n) is 11.3. The third-order valence-electron chi connectivity index (χ3n) is 4.06. The summed E-state index contributed by atoms with van der Waals surface area (Å²) in [5, 5.41) is 10.4. The third kappa shape index (κ3) is 3.07. The molecule has 0 amide bonds. The van der Waals surface area contributed by atoms with E-state index in [1.165, 1.54) is 19.6 Å². The molecule has 0 saturated heterocycles. The van der Waals surface area contributed by atoms with E-state index in [1.807, 2.05) is 0 Å². The summed E-state index contributed by atoms with van der Waals surface area (Å²) >= 11 is 0. The van der Waals surface area contributed by atoms with Gasteiger partial charge in [-0.25, -0.2) is 4.39 Å². The number of aliphatic hydroxyl groups excluding tert-OH is 1. The van der Waals surface area contributed by atoms with Crippen molar-refractivity contribution in [1.82, 2.24) is 0 Å². The molecule has 0 aromatic heterocycles. The van der Waals surface area contributed by atoms with Gasteiger partial charge >= 0.3 is 0 Å². The molecule has 3 nitrogen and oxygen atoms in total. The van der Waals surface area contributed by atoms with E-state index in [-0.39, 0.29) is 11.7 Å². The van der Waals surface area contributed by atoms with Crippen LogP contribution in [-0.4, -0.2) is 18.3 Å². The van der Waals surface area contributed by atoms with Crippen LogP contribution in [0.25, 0.3) is 0 Å². The Balaban J connectivity index is 2.18. The first-order valence-corrected chi connectivity index (χ1v) is 6.91. The molecule has 1 aromatic rings. The molecule has 0 heterocycles. The molecule has 2 atom stereocenters. The maximum Gasteiger partial charge on any atom is 0.165 e. The normalized spacial score (nSPS) is 20.0. The number of para-hydroxylation sites is 1. The first-order valence-electron chi connectivity index (χ1n) is 6.91. The molecule has 0 radical (unpaired) electrons. The van der Waals surface area contributed by atoms with E-state index < -0.39 is 18.0 Å². The Morgan fingerprint density at radius 2 is 2.00 bits per heavy atom. The minimum absolute atomic E-state index is 0.143. The Kier molecular flexibility index (Phi) is 4.77. The minimum Gasteiger partial charge on any atom is -0.493 e. The summed E-state index contributed by atoms with van der Waals surface area (Å²) in [7, 11) is 1.42. The molecule has 1 aliphatic carbocycles. The highest BCUT2D eigenvalue weighted by molar-refractivity contribution is 5.37. The fourth-order valence-electron chi connectivity index (χ4n) is 2.96. The average molecular weight is 267 g/mol. The molecule has 106 valence electrons.